The summed E-state index contributed by atoms with van der Waals surface area (Å²) in [7, 11) is -3.58. The van der Waals surface area contributed by atoms with Crippen LogP contribution >= 0.6 is 0 Å². The second-order valence-corrected chi connectivity index (χ2v) is 6.69. The fourth-order valence-corrected chi connectivity index (χ4v) is 3.74. The second-order valence-electron chi connectivity index (χ2n) is 4.98. The van der Waals surface area contributed by atoms with E-state index in [0.717, 1.165) is 12.0 Å². The Balaban J connectivity index is 2.17. The molecule has 1 aliphatic rings. The van der Waals surface area contributed by atoms with Crippen molar-refractivity contribution in [3.05, 3.63) is 29.8 Å². The number of hydrogen-bond acceptors (Lipinski definition) is 3. The molecule has 6 heteroatoms. The average molecular weight is 282 g/mol. The molecule has 19 heavy (non-hydrogen) atoms. The third-order valence-electron chi connectivity index (χ3n) is 3.52. The molecular formula is C13H18N2O3S. The van der Waals surface area contributed by atoms with Crippen LogP contribution in [0.5, 0.6) is 0 Å². The van der Waals surface area contributed by atoms with Gasteiger partial charge in [-0.2, -0.15) is 0 Å². The number of amides is 1. The Labute approximate surface area is 113 Å². The summed E-state index contributed by atoms with van der Waals surface area (Å²) in [5.74, 6) is -0.839. The van der Waals surface area contributed by atoms with Crippen LogP contribution in [-0.2, 0) is 14.8 Å². The molecule has 2 atom stereocenters. The topological polar surface area (TPSA) is 89.3 Å². The number of aryl methyl sites for hydroxylation is 1. The molecular weight excluding hydrogens is 264 g/mol. The molecule has 0 saturated heterocycles. The monoisotopic (exact) mass is 282 g/mol. The molecule has 2 rings (SSSR count). The van der Waals surface area contributed by atoms with Crippen molar-refractivity contribution >= 4 is 15.9 Å². The zero-order valence-corrected chi connectivity index (χ0v) is 11.6. The highest BCUT2D eigenvalue weighted by molar-refractivity contribution is 7.89. The van der Waals surface area contributed by atoms with Gasteiger partial charge >= 0.3 is 0 Å². The first-order valence-corrected chi connectivity index (χ1v) is 7.77. The fraction of sp³-hybridized carbons (Fsp3) is 0.462. The fourth-order valence-electron chi connectivity index (χ4n) is 2.43. The molecule has 1 saturated carbocycles. The van der Waals surface area contributed by atoms with E-state index in [-0.39, 0.29) is 10.9 Å². The van der Waals surface area contributed by atoms with Crippen LogP contribution in [0.15, 0.2) is 29.2 Å². The van der Waals surface area contributed by atoms with Gasteiger partial charge in [-0.25, -0.2) is 13.1 Å². The molecule has 1 aliphatic carbocycles. The molecule has 3 N–H and O–H groups in total. The summed E-state index contributed by atoms with van der Waals surface area (Å²) in [6.45, 7) is 1.89. The molecule has 1 fully saturated rings. The van der Waals surface area contributed by atoms with Crippen molar-refractivity contribution in [1.82, 2.24) is 4.72 Å². The SMILES string of the molecule is Cc1ccc(S(=O)(=O)N[C@@H]2CCC[C@H]2C(N)=O)cc1. The molecule has 104 valence electrons. The molecule has 0 aromatic heterocycles. The number of benzene rings is 1. The molecule has 0 radical (unpaired) electrons. The van der Waals surface area contributed by atoms with Crippen molar-refractivity contribution in [1.29, 1.82) is 0 Å². The number of hydrogen-bond donors (Lipinski definition) is 2. The van der Waals surface area contributed by atoms with Crippen molar-refractivity contribution in [2.45, 2.75) is 37.1 Å². The maximum atomic E-state index is 12.2. The third-order valence-corrected chi connectivity index (χ3v) is 5.03. The number of nitrogens with two attached hydrogens (primary N) is 1. The zero-order valence-electron chi connectivity index (χ0n) is 10.8. The van der Waals surface area contributed by atoms with Gasteiger partial charge in [-0.3, -0.25) is 4.79 Å². The maximum absolute atomic E-state index is 12.2. The zero-order chi connectivity index (χ0) is 14.0. The van der Waals surface area contributed by atoms with Crippen molar-refractivity contribution in [3.8, 4) is 0 Å². The standard InChI is InChI=1S/C13H18N2O3S/c1-9-5-7-10(8-6-9)19(17,18)15-12-4-2-3-11(12)13(14)16/h5-8,11-12,15H,2-4H2,1H3,(H2,14,16)/t11-,12-/m1/s1. The first-order chi connectivity index (χ1) is 8.90. The highest BCUT2D eigenvalue weighted by Gasteiger charge is 2.34. The van der Waals surface area contributed by atoms with Crippen LogP contribution in [0.1, 0.15) is 24.8 Å². The maximum Gasteiger partial charge on any atom is 0.240 e. The van der Waals surface area contributed by atoms with E-state index in [1.807, 2.05) is 6.92 Å². The molecule has 5 nitrogen and oxygen atoms in total. The number of sulfonamides is 1. The lowest BCUT2D eigenvalue weighted by atomic mass is 10.0. The Morgan fingerprint density at radius 2 is 1.89 bits per heavy atom. The van der Waals surface area contributed by atoms with Gasteiger partial charge in [0.05, 0.1) is 10.8 Å². The van der Waals surface area contributed by atoms with Crippen molar-refractivity contribution in [2.75, 3.05) is 0 Å². The predicted octanol–water partition coefficient (Wildman–Crippen LogP) is 0.927. The van der Waals surface area contributed by atoms with E-state index in [4.69, 9.17) is 5.73 Å². The number of primary amides is 1. The predicted molar refractivity (Wildman–Crippen MR) is 71.8 cm³/mol. The molecule has 1 amide bonds. The number of carbonyl (C=O) groups is 1. The largest absolute Gasteiger partial charge is 0.369 e. The van der Waals surface area contributed by atoms with E-state index in [0.29, 0.717) is 12.8 Å². The Morgan fingerprint density at radius 3 is 2.47 bits per heavy atom. The third kappa shape index (κ3) is 3.13. The first kappa shape index (κ1) is 14.0. The molecule has 1 aromatic carbocycles. The Kier molecular flexibility index (Phi) is 3.91. The summed E-state index contributed by atoms with van der Waals surface area (Å²) in [4.78, 5) is 11.5. The summed E-state index contributed by atoms with van der Waals surface area (Å²) in [5, 5.41) is 0. The lowest BCUT2D eigenvalue weighted by Gasteiger charge is -2.18. The summed E-state index contributed by atoms with van der Waals surface area (Å²) in [6, 6.07) is 6.23. The van der Waals surface area contributed by atoms with Gasteiger partial charge < -0.3 is 5.73 Å². The molecule has 1 aromatic rings. The highest BCUT2D eigenvalue weighted by Crippen LogP contribution is 2.26. The van der Waals surface area contributed by atoms with Gasteiger partial charge in [-0.05, 0) is 31.9 Å². The molecule has 0 aliphatic heterocycles. The van der Waals surface area contributed by atoms with Gasteiger partial charge in [-0.15, -0.1) is 0 Å². The van der Waals surface area contributed by atoms with Crippen LogP contribution in [0.4, 0.5) is 0 Å². The normalized spacial score (nSPS) is 23.4. The van der Waals surface area contributed by atoms with E-state index in [9.17, 15) is 13.2 Å². The molecule has 0 bridgehead atoms. The van der Waals surface area contributed by atoms with Crippen LogP contribution in [0, 0.1) is 12.8 Å². The summed E-state index contributed by atoms with van der Waals surface area (Å²) in [5.41, 5.74) is 6.29. The summed E-state index contributed by atoms with van der Waals surface area (Å²) >= 11 is 0. The Hall–Kier alpha value is -1.40. The molecule has 0 spiro atoms. The van der Waals surface area contributed by atoms with Crippen LogP contribution in [0.25, 0.3) is 0 Å². The van der Waals surface area contributed by atoms with Crippen LogP contribution in [0.3, 0.4) is 0 Å². The highest BCUT2D eigenvalue weighted by atomic mass is 32.2. The van der Waals surface area contributed by atoms with Crippen LogP contribution < -0.4 is 10.5 Å². The minimum absolute atomic E-state index is 0.216. The van der Waals surface area contributed by atoms with Gasteiger partial charge in [0.2, 0.25) is 15.9 Å². The lowest BCUT2D eigenvalue weighted by molar-refractivity contribution is -0.122. The van der Waals surface area contributed by atoms with Gasteiger partial charge in [0.1, 0.15) is 0 Å². The Bertz CT molecular complexity index is 566. The average Bonchev–Trinajstić information content (AvgIpc) is 2.77. The van der Waals surface area contributed by atoms with Crippen LogP contribution in [-0.4, -0.2) is 20.4 Å². The van der Waals surface area contributed by atoms with E-state index >= 15 is 0 Å². The minimum atomic E-state index is -3.58. The smallest absolute Gasteiger partial charge is 0.240 e. The number of rotatable bonds is 4. The van der Waals surface area contributed by atoms with Gasteiger partial charge in [0.25, 0.3) is 0 Å². The minimum Gasteiger partial charge on any atom is -0.369 e. The van der Waals surface area contributed by atoms with Gasteiger partial charge in [0.15, 0.2) is 0 Å². The first-order valence-electron chi connectivity index (χ1n) is 6.28. The number of carbonyl (C=O) groups excluding carboxylic acids is 1. The number of nitrogens with one attached hydrogen (secondary N) is 1. The van der Waals surface area contributed by atoms with Crippen molar-refractivity contribution in [2.24, 2.45) is 11.7 Å². The van der Waals surface area contributed by atoms with Gasteiger partial charge in [0, 0.05) is 6.04 Å². The van der Waals surface area contributed by atoms with Gasteiger partial charge in [-0.1, -0.05) is 24.1 Å². The summed E-state index contributed by atoms with van der Waals surface area (Å²) in [6.07, 6.45) is 2.11. The summed E-state index contributed by atoms with van der Waals surface area (Å²) < 4.78 is 27.0. The molecule has 0 unspecified atom stereocenters. The Morgan fingerprint density at radius 1 is 1.26 bits per heavy atom. The van der Waals surface area contributed by atoms with E-state index in [1.54, 1.807) is 24.3 Å². The van der Waals surface area contributed by atoms with Crippen molar-refractivity contribution in [3.63, 3.8) is 0 Å². The molecule has 0 heterocycles. The van der Waals surface area contributed by atoms with E-state index in [2.05, 4.69) is 4.72 Å². The quantitative estimate of drug-likeness (QED) is 0.860. The second kappa shape index (κ2) is 5.30. The van der Waals surface area contributed by atoms with Crippen LogP contribution in [0.2, 0.25) is 0 Å². The van der Waals surface area contributed by atoms with E-state index in [1.165, 1.54) is 0 Å². The van der Waals surface area contributed by atoms with Crippen molar-refractivity contribution < 1.29 is 13.2 Å². The van der Waals surface area contributed by atoms with E-state index < -0.39 is 21.8 Å². The lowest BCUT2D eigenvalue weighted by Crippen LogP contribution is -2.42.